The number of benzene rings is 12. The number of para-hydroxylation sites is 1. The summed E-state index contributed by atoms with van der Waals surface area (Å²) < 4.78 is 6.76. The van der Waals surface area contributed by atoms with Gasteiger partial charge in [-0.15, -0.1) is 0 Å². The van der Waals surface area contributed by atoms with Crippen molar-refractivity contribution in [2.75, 3.05) is 4.90 Å². The second kappa shape index (κ2) is 16.5. The molecule has 0 atom stereocenters. The van der Waals surface area contributed by atoms with Crippen molar-refractivity contribution in [3.05, 3.63) is 261 Å². The van der Waals surface area contributed by atoms with E-state index < -0.39 is 0 Å². The minimum Gasteiger partial charge on any atom is -0.455 e. The van der Waals surface area contributed by atoms with E-state index in [-0.39, 0.29) is 0 Å². The SMILES string of the molecule is c1ccc(-c2ccc(-c3ccc4ccccc4c3)cc2N(c2ccc(-c3ccc(-c4cccc5ccccc45)cc3)cc2)c2ccccc2-c2cccc3oc4c5ccccc5ccc4c23)cc1. The third-order valence-electron chi connectivity index (χ3n) is 13.7. The van der Waals surface area contributed by atoms with Gasteiger partial charge in [0.15, 0.2) is 0 Å². The molecule has 1 aromatic heterocycles. The summed E-state index contributed by atoms with van der Waals surface area (Å²) in [6, 6.07) is 94.6. The van der Waals surface area contributed by atoms with E-state index in [1.165, 1.54) is 43.8 Å². The molecule has 0 radical (unpaired) electrons. The summed E-state index contributed by atoms with van der Waals surface area (Å²) in [4.78, 5) is 2.46. The monoisotopic (exact) mass is 865 g/mol. The van der Waals surface area contributed by atoms with Crippen molar-refractivity contribution >= 4 is 71.3 Å². The quantitative estimate of drug-likeness (QED) is 0.151. The average Bonchev–Trinajstić information content (AvgIpc) is 3.81. The molecule has 13 aromatic rings. The van der Waals surface area contributed by atoms with Crippen molar-refractivity contribution in [3.63, 3.8) is 0 Å². The summed E-state index contributed by atoms with van der Waals surface area (Å²) >= 11 is 0. The van der Waals surface area contributed by atoms with Crippen molar-refractivity contribution in [2.24, 2.45) is 0 Å². The molecule has 0 bridgehead atoms. The molecular weight excluding hydrogens is 823 g/mol. The third-order valence-corrected chi connectivity index (χ3v) is 13.7. The largest absolute Gasteiger partial charge is 0.455 e. The highest BCUT2D eigenvalue weighted by Crippen LogP contribution is 2.49. The minimum atomic E-state index is 0.870. The molecular formula is C66H43NO. The number of hydrogen-bond donors (Lipinski definition) is 0. The van der Waals surface area contributed by atoms with Gasteiger partial charge < -0.3 is 9.32 Å². The topological polar surface area (TPSA) is 16.4 Å². The molecule has 0 N–H and O–H groups in total. The molecule has 0 spiro atoms. The first-order valence-electron chi connectivity index (χ1n) is 23.3. The van der Waals surface area contributed by atoms with E-state index >= 15 is 0 Å². The van der Waals surface area contributed by atoms with Crippen LogP contribution in [0.2, 0.25) is 0 Å². The zero-order valence-corrected chi connectivity index (χ0v) is 37.2. The lowest BCUT2D eigenvalue weighted by Gasteiger charge is -2.30. The standard InChI is InChI=1S/C66H43NO/c1-2-15-48(16-3-1)57-40-37-53(52-33-30-44-14-4-5-19-51(44)42-52)43-63(57)67(54-38-34-46(35-39-54)45-28-31-50(32-29-45)56-24-12-20-47-17-6-8-21-55(47)56)62-26-11-10-23-59(62)60-25-13-27-64-65(60)61-41-36-49-18-7-9-22-58(49)66(61)68-64/h1-43H. The highest BCUT2D eigenvalue weighted by Gasteiger charge is 2.24. The summed E-state index contributed by atoms with van der Waals surface area (Å²) in [7, 11) is 0. The fourth-order valence-electron chi connectivity index (χ4n) is 10.3. The summed E-state index contributed by atoms with van der Waals surface area (Å²) in [6.45, 7) is 0. The van der Waals surface area contributed by atoms with Crippen LogP contribution in [0.4, 0.5) is 17.1 Å². The van der Waals surface area contributed by atoms with Crippen molar-refractivity contribution in [1.82, 2.24) is 0 Å². The van der Waals surface area contributed by atoms with Crippen LogP contribution in [0, 0.1) is 0 Å². The number of nitrogens with zero attached hydrogens (tertiary/aromatic N) is 1. The van der Waals surface area contributed by atoms with Gasteiger partial charge in [-0.3, -0.25) is 0 Å². The molecule has 0 aliphatic carbocycles. The molecule has 0 aliphatic rings. The molecule has 0 aliphatic heterocycles. The summed E-state index contributed by atoms with van der Waals surface area (Å²) in [5.74, 6) is 0. The Morgan fingerprint density at radius 3 is 1.63 bits per heavy atom. The van der Waals surface area contributed by atoms with Gasteiger partial charge in [-0.2, -0.15) is 0 Å². The maximum absolute atomic E-state index is 6.76. The van der Waals surface area contributed by atoms with E-state index in [4.69, 9.17) is 4.42 Å². The smallest absolute Gasteiger partial charge is 0.143 e. The number of fused-ring (bicyclic) bond motifs is 7. The van der Waals surface area contributed by atoms with Gasteiger partial charge in [-0.1, -0.05) is 218 Å². The normalized spacial score (nSPS) is 11.5. The van der Waals surface area contributed by atoms with E-state index in [1.54, 1.807) is 0 Å². The zero-order chi connectivity index (χ0) is 45.0. The van der Waals surface area contributed by atoms with Crippen molar-refractivity contribution in [3.8, 4) is 55.6 Å². The van der Waals surface area contributed by atoms with Gasteiger partial charge in [0.1, 0.15) is 11.2 Å². The molecule has 0 amide bonds. The number of furan rings is 1. The lowest BCUT2D eigenvalue weighted by atomic mass is 9.93. The van der Waals surface area contributed by atoms with Gasteiger partial charge in [0, 0.05) is 33.0 Å². The van der Waals surface area contributed by atoms with Crippen LogP contribution in [0.5, 0.6) is 0 Å². The lowest BCUT2D eigenvalue weighted by molar-refractivity contribution is 0.673. The molecule has 0 unspecified atom stereocenters. The Balaban J connectivity index is 1.01. The molecule has 2 heteroatoms. The molecule has 12 aromatic carbocycles. The van der Waals surface area contributed by atoms with Gasteiger partial charge in [0.2, 0.25) is 0 Å². The Bertz CT molecular complexity index is 4010. The van der Waals surface area contributed by atoms with Gasteiger partial charge in [-0.05, 0) is 114 Å². The Labute approximate surface area is 395 Å². The summed E-state index contributed by atoms with van der Waals surface area (Å²) in [6.07, 6.45) is 0. The van der Waals surface area contributed by atoms with Crippen LogP contribution in [0.25, 0.3) is 110 Å². The van der Waals surface area contributed by atoms with E-state index in [0.29, 0.717) is 0 Å². The van der Waals surface area contributed by atoms with Gasteiger partial charge in [0.05, 0.1) is 11.4 Å². The first-order valence-corrected chi connectivity index (χ1v) is 23.3. The van der Waals surface area contributed by atoms with Crippen molar-refractivity contribution in [1.29, 1.82) is 0 Å². The Hall–Kier alpha value is -8.98. The van der Waals surface area contributed by atoms with Gasteiger partial charge in [0.25, 0.3) is 0 Å². The molecule has 0 fully saturated rings. The molecule has 0 saturated heterocycles. The predicted molar refractivity (Wildman–Crippen MR) is 288 cm³/mol. The van der Waals surface area contributed by atoms with Crippen LogP contribution in [0.3, 0.4) is 0 Å². The predicted octanol–water partition coefficient (Wildman–Crippen LogP) is 18.9. The first kappa shape index (κ1) is 39.4. The van der Waals surface area contributed by atoms with Crippen LogP contribution in [0.15, 0.2) is 265 Å². The second-order valence-electron chi connectivity index (χ2n) is 17.6. The maximum atomic E-state index is 6.76. The number of rotatable bonds is 8. The number of anilines is 3. The van der Waals surface area contributed by atoms with E-state index in [9.17, 15) is 0 Å². The van der Waals surface area contributed by atoms with Gasteiger partial charge >= 0.3 is 0 Å². The summed E-state index contributed by atoms with van der Waals surface area (Å²) in [5.41, 5.74) is 16.6. The van der Waals surface area contributed by atoms with Crippen molar-refractivity contribution in [2.45, 2.75) is 0 Å². The van der Waals surface area contributed by atoms with Crippen LogP contribution >= 0.6 is 0 Å². The fourth-order valence-corrected chi connectivity index (χ4v) is 10.3. The lowest BCUT2D eigenvalue weighted by Crippen LogP contribution is -2.12. The summed E-state index contributed by atoms with van der Waals surface area (Å²) in [5, 5.41) is 9.44. The molecule has 68 heavy (non-hydrogen) atoms. The van der Waals surface area contributed by atoms with Crippen LogP contribution < -0.4 is 4.90 Å². The number of hydrogen-bond acceptors (Lipinski definition) is 2. The molecule has 318 valence electrons. The Morgan fingerprint density at radius 2 is 0.809 bits per heavy atom. The van der Waals surface area contributed by atoms with E-state index in [1.807, 2.05) is 0 Å². The first-order chi connectivity index (χ1) is 33.7. The minimum absolute atomic E-state index is 0.870. The highest BCUT2D eigenvalue weighted by atomic mass is 16.3. The van der Waals surface area contributed by atoms with Crippen molar-refractivity contribution < 1.29 is 4.42 Å². The highest BCUT2D eigenvalue weighted by molar-refractivity contribution is 6.20. The van der Waals surface area contributed by atoms with E-state index in [2.05, 4.69) is 266 Å². The molecule has 0 saturated carbocycles. The maximum Gasteiger partial charge on any atom is 0.143 e. The molecule has 1 heterocycles. The van der Waals surface area contributed by atoms with Gasteiger partial charge in [-0.25, -0.2) is 0 Å². The third kappa shape index (κ3) is 6.82. The fraction of sp³-hybridized carbons (Fsp3) is 0. The second-order valence-corrected chi connectivity index (χ2v) is 17.6. The van der Waals surface area contributed by atoms with E-state index in [0.717, 1.165) is 83.2 Å². The van der Waals surface area contributed by atoms with Crippen LogP contribution in [-0.2, 0) is 0 Å². The Kier molecular flexibility index (Phi) is 9.54. The van der Waals surface area contributed by atoms with Crippen LogP contribution in [-0.4, -0.2) is 0 Å². The molecule has 13 rings (SSSR count). The van der Waals surface area contributed by atoms with Crippen LogP contribution in [0.1, 0.15) is 0 Å². The Morgan fingerprint density at radius 1 is 0.265 bits per heavy atom. The average molecular weight is 866 g/mol. The molecule has 2 nitrogen and oxygen atoms in total. The zero-order valence-electron chi connectivity index (χ0n) is 37.2.